The minimum absolute atomic E-state index is 0.121. The highest BCUT2D eigenvalue weighted by Crippen LogP contribution is 2.26. The van der Waals surface area contributed by atoms with Gasteiger partial charge >= 0.3 is 5.69 Å². The molecule has 0 bridgehead atoms. The molecule has 1 aliphatic rings. The number of H-pyrrole nitrogens is 1. The predicted molar refractivity (Wildman–Crippen MR) is 123 cm³/mol. The first-order valence-electron chi connectivity index (χ1n) is 9.85. The molecule has 1 aromatic carbocycles. The van der Waals surface area contributed by atoms with Gasteiger partial charge in [0.25, 0.3) is 0 Å². The van der Waals surface area contributed by atoms with Crippen LogP contribution in [0, 0.1) is 5.41 Å². The van der Waals surface area contributed by atoms with Gasteiger partial charge in [0, 0.05) is 31.4 Å². The van der Waals surface area contributed by atoms with E-state index in [-0.39, 0.29) is 32.8 Å². The number of halogens is 2. The highest BCUT2D eigenvalue weighted by Gasteiger charge is 2.17. The summed E-state index contributed by atoms with van der Waals surface area (Å²) in [4.78, 5) is 31.0. The van der Waals surface area contributed by atoms with E-state index in [2.05, 4.69) is 37.2 Å². The highest BCUT2D eigenvalue weighted by atomic mass is 35.5. The number of nitrogens with zero attached hydrogens (tertiary/aromatic N) is 5. The summed E-state index contributed by atoms with van der Waals surface area (Å²) in [5.41, 5.74) is 2.76. The van der Waals surface area contributed by atoms with Gasteiger partial charge in [0.1, 0.15) is 5.49 Å². The summed E-state index contributed by atoms with van der Waals surface area (Å²) in [7, 11) is 2.08. The van der Waals surface area contributed by atoms with Crippen molar-refractivity contribution in [3.63, 3.8) is 0 Å². The largest absolute Gasteiger partial charge is 0.333 e. The molecule has 0 atom stereocenters. The molecule has 3 N–H and O–H groups in total. The standard InChI is InChI=1S/C21H18Cl2N8O/c1-30-6-5-16-11(10-30)7-12(8-25-16)27-20-26-9-13-18(24)31(21(32)29-19(13)28-20)17-14(22)3-2-4-15(17)23/h2-4,7-9,24H,5-6,10H2,1H3,(H2,26,27,28,29,32). The van der Waals surface area contributed by atoms with E-state index in [0.29, 0.717) is 5.39 Å². The summed E-state index contributed by atoms with van der Waals surface area (Å²) in [5, 5.41) is 12.5. The van der Waals surface area contributed by atoms with Crippen LogP contribution in [0.3, 0.4) is 0 Å². The van der Waals surface area contributed by atoms with E-state index >= 15 is 0 Å². The summed E-state index contributed by atoms with van der Waals surface area (Å²) >= 11 is 12.5. The molecule has 32 heavy (non-hydrogen) atoms. The Balaban J connectivity index is 1.54. The van der Waals surface area contributed by atoms with Gasteiger partial charge in [0.2, 0.25) is 5.95 Å². The molecule has 162 valence electrons. The van der Waals surface area contributed by atoms with Gasteiger partial charge in [0.05, 0.1) is 33.0 Å². The first-order valence-corrected chi connectivity index (χ1v) is 10.6. The third-order valence-electron chi connectivity index (χ3n) is 5.34. The number of benzene rings is 1. The lowest BCUT2D eigenvalue weighted by atomic mass is 10.1. The number of nitrogens with one attached hydrogen (secondary N) is 3. The van der Waals surface area contributed by atoms with Crippen LogP contribution in [0.25, 0.3) is 16.7 Å². The summed E-state index contributed by atoms with van der Waals surface area (Å²) in [6.07, 6.45) is 4.14. The number of aromatic nitrogens is 5. The molecule has 0 radical (unpaired) electrons. The third-order valence-corrected chi connectivity index (χ3v) is 5.95. The maximum atomic E-state index is 12.8. The number of para-hydroxylation sites is 1. The van der Waals surface area contributed by atoms with Crippen LogP contribution in [-0.4, -0.2) is 43.0 Å². The van der Waals surface area contributed by atoms with Crippen molar-refractivity contribution in [3.05, 3.63) is 73.9 Å². The van der Waals surface area contributed by atoms with E-state index in [1.54, 1.807) is 24.4 Å². The van der Waals surface area contributed by atoms with Crippen molar-refractivity contribution in [3.8, 4) is 5.69 Å². The SMILES string of the molecule is CN1CCc2ncc(Nc3ncc4c(=N)n(-c5c(Cl)cccc5Cl)c(=O)[nH]c4n3)cc2C1. The average Bonchev–Trinajstić information content (AvgIpc) is 2.75. The predicted octanol–water partition coefficient (Wildman–Crippen LogP) is 3.02. The van der Waals surface area contributed by atoms with E-state index in [1.807, 2.05) is 6.07 Å². The van der Waals surface area contributed by atoms with E-state index in [1.165, 1.54) is 6.20 Å². The van der Waals surface area contributed by atoms with Crippen LogP contribution >= 0.6 is 23.2 Å². The van der Waals surface area contributed by atoms with Crippen LogP contribution in [0.2, 0.25) is 10.0 Å². The first kappa shape index (κ1) is 20.6. The van der Waals surface area contributed by atoms with Crippen molar-refractivity contribution < 1.29 is 0 Å². The fourth-order valence-corrected chi connectivity index (χ4v) is 4.34. The van der Waals surface area contributed by atoms with E-state index < -0.39 is 5.69 Å². The smallest absolute Gasteiger partial charge is 0.323 e. The number of pyridine rings is 1. The fourth-order valence-electron chi connectivity index (χ4n) is 3.77. The van der Waals surface area contributed by atoms with Gasteiger partial charge in [0.15, 0.2) is 5.65 Å². The monoisotopic (exact) mass is 468 g/mol. The van der Waals surface area contributed by atoms with Gasteiger partial charge in [-0.15, -0.1) is 0 Å². The molecule has 0 unspecified atom stereocenters. The van der Waals surface area contributed by atoms with Gasteiger partial charge < -0.3 is 10.2 Å². The van der Waals surface area contributed by atoms with E-state index in [0.717, 1.165) is 41.0 Å². The maximum Gasteiger partial charge on any atom is 0.333 e. The zero-order valence-corrected chi connectivity index (χ0v) is 18.5. The second kappa shape index (κ2) is 8.01. The van der Waals surface area contributed by atoms with Crippen LogP contribution in [0.15, 0.2) is 41.5 Å². The van der Waals surface area contributed by atoms with Gasteiger partial charge in [-0.2, -0.15) is 4.98 Å². The number of hydrogen-bond acceptors (Lipinski definition) is 7. The van der Waals surface area contributed by atoms with Crippen molar-refractivity contribution in [1.29, 1.82) is 5.41 Å². The Morgan fingerprint density at radius 1 is 1.19 bits per heavy atom. The first-order chi connectivity index (χ1) is 15.4. The zero-order valence-electron chi connectivity index (χ0n) is 17.0. The number of rotatable bonds is 3. The Morgan fingerprint density at radius 3 is 2.75 bits per heavy atom. The molecule has 0 fully saturated rings. The average molecular weight is 469 g/mol. The highest BCUT2D eigenvalue weighted by molar-refractivity contribution is 6.37. The molecule has 4 aromatic rings. The zero-order chi connectivity index (χ0) is 22.4. The van der Waals surface area contributed by atoms with Crippen molar-refractivity contribution in [2.75, 3.05) is 18.9 Å². The Labute approximate surface area is 192 Å². The molecular formula is C21H18Cl2N8O. The maximum absolute atomic E-state index is 12.8. The van der Waals surface area contributed by atoms with Crippen molar-refractivity contribution in [1.82, 2.24) is 29.4 Å². The molecule has 0 saturated heterocycles. The summed E-state index contributed by atoms with van der Waals surface area (Å²) < 4.78 is 1.10. The van der Waals surface area contributed by atoms with Crippen LogP contribution < -0.4 is 16.5 Å². The van der Waals surface area contributed by atoms with Gasteiger partial charge in [-0.3, -0.25) is 15.4 Å². The van der Waals surface area contributed by atoms with Gasteiger partial charge in [-0.05, 0) is 30.8 Å². The van der Waals surface area contributed by atoms with Crippen molar-refractivity contribution >= 4 is 45.9 Å². The summed E-state index contributed by atoms with van der Waals surface area (Å²) in [6, 6.07) is 6.91. The molecule has 4 heterocycles. The number of aromatic amines is 1. The van der Waals surface area contributed by atoms with E-state index in [9.17, 15) is 4.79 Å². The molecule has 1 aliphatic heterocycles. The van der Waals surface area contributed by atoms with Crippen LogP contribution in [0.4, 0.5) is 11.6 Å². The van der Waals surface area contributed by atoms with Crippen LogP contribution in [0.5, 0.6) is 0 Å². The normalized spacial score (nSPS) is 13.8. The lowest BCUT2D eigenvalue weighted by Crippen LogP contribution is -2.34. The molecule has 0 spiro atoms. The lowest BCUT2D eigenvalue weighted by Gasteiger charge is -2.24. The molecular weight excluding hydrogens is 451 g/mol. The van der Waals surface area contributed by atoms with Gasteiger partial charge in [-0.25, -0.2) is 14.3 Å². The molecule has 0 aliphatic carbocycles. The third kappa shape index (κ3) is 3.64. The summed E-state index contributed by atoms with van der Waals surface area (Å²) in [6.45, 7) is 1.82. The fraction of sp³-hybridized carbons (Fsp3) is 0.190. The van der Waals surface area contributed by atoms with Crippen LogP contribution in [-0.2, 0) is 13.0 Å². The molecule has 0 saturated carbocycles. The Morgan fingerprint density at radius 2 is 1.97 bits per heavy atom. The number of hydrogen-bond donors (Lipinski definition) is 3. The Hall–Kier alpha value is -3.27. The Kier molecular flexibility index (Phi) is 5.16. The molecule has 5 rings (SSSR count). The molecule has 0 amide bonds. The second-order valence-electron chi connectivity index (χ2n) is 7.58. The van der Waals surface area contributed by atoms with Crippen LogP contribution in [0.1, 0.15) is 11.3 Å². The minimum atomic E-state index is -0.583. The number of fused-ring (bicyclic) bond motifs is 2. The van der Waals surface area contributed by atoms with E-state index in [4.69, 9.17) is 28.6 Å². The summed E-state index contributed by atoms with van der Waals surface area (Å²) in [5.74, 6) is 0.284. The molecule has 3 aromatic heterocycles. The lowest BCUT2D eigenvalue weighted by molar-refractivity contribution is 0.310. The van der Waals surface area contributed by atoms with Crippen molar-refractivity contribution in [2.24, 2.45) is 0 Å². The number of likely N-dealkylation sites (N-methyl/N-ethyl adjacent to an activating group) is 1. The molecule has 9 nitrogen and oxygen atoms in total. The second-order valence-corrected chi connectivity index (χ2v) is 8.40. The topological polar surface area (TPSA) is 116 Å². The van der Waals surface area contributed by atoms with Gasteiger partial charge in [-0.1, -0.05) is 29.3 Å². The van der Waals surface area contributed by atoms with Crippen molar-refractivity contribution in [2.45, 2.75) is 13.0 Å². The minimum Gasteiger partial charge on any atom is -0.323 e. The Bertz CT molecular complexity index is 1460. The molecule has 11 heteroatoms. The quantitative estimate of drug-likeness (QED) is 0.425. The number of anilines is 2.